The number of hydrogen-bond acceptors (Lipinski definition) is 2. The van der Waals surface area contributed by atoms with E-state index in [1.807, 2.05) is 48.5 Å². The van der Waals surface area contributed by atoms with Gasteiger partial charge in [-0.15, -0.1) is 0 Å². The minimum absolute atomic E-state index is 0.663. The summed E-state index contributed by atoms with van der Waals surface area (Å²) in [6, 6.07) is 24.2. The van der Waals surface area contributed by atoms with Crippen molar-refractivity contribution in [2.24, 2.45) is 0 Å². The second-order valence-electron chi connectivity index (χ2n) is 7.01. The third kappa shape index (κ3) is 4.87. The normalized spacial score (nSPS) is 11.4. The summed E-state index contributed by atoms with van der Waals surface area (Å²) < 4.78 is 8.14. The van der Waals surface area contributed by atoms with Gasteiger partial charge in [-0.2, -0.15) is 0 Å². The lowest BCUT2D eigenvalue weighted by Gasteiger charge is -2.09. The molecule has 0 bridgehead atoms. The lowest BCUT2D eigenvalue weighted by atomic mass is 10.2. The van der Waals surface area contributed by atoms with E-state index in [1.165, 1.54) is 5.56 Å². The van der Waals surface area contributed by atoms with E-state index in [-0.39, 0.29) is 0 Å². The van der Waals surface area contributed by atoms with Crippen molar-refractivity contribution in [2.75, 3.05) is 6.61 Å². The van der Waals surface area contributed by atoms with E-state index in [4.69, 9.17) is 21.3 Å². The molecule has 0 N–H and O–H groups in total. The number of ether oxygens (including phenoxy) is 1. The van der Waals surface area contributed by atoms with E-state index in [0.717, 1.165) is 46.2 Å². The summed E-state index contributed by atoms with van der Waals surface area (Å²) in [4.78, 5) is 4.80. The van der Waals surface area contributed by atoms with E-state index in [0.29, 0.717) is 6.61 Å². The van der Waals surface area contributed by atoms with Gasteiger partial charge in [0.15, 0.2) is 0 Å². The predicted octanol–water partition coefficient (Wildman–Crippen LogP) is 6.64. The van der Waals surface area contributed by atoms with Crippen LogP contribution in [-0.2, 0) is 6.54 Å². The summed E-state index contributed by atoms with van der Waals surface area (Å²) in [6.45, 7) is 3.58. The smallest absolute Gasteiger partial charge is 0.133 e. The summed E-state index contributed by atoms with van der Waals surface area (Å²) in [7, 11) is 0. The molecule has 0 fully saturated rings. The average molecular weight is 403 g/mol. The molecule has 3 aromatic carbocycles. The topological polar surface area (TPSA) is 27.1 Å². The van der Waals surface area contributed by atoms with Gasteiger partial charge in [-0.3, -0.25) is 0 Å². The quantitative estimate of drug-likeness (QED) is 0.324. The molecular formula is C25H23ClN2O. The molecule has 0 radical (unpaired) electrons. The van der Waals surface area contributed by atoms with Crippen LogP contribution in [0, 0.1) is 6.92 Å². The molecule has 0 amide bonds. The highest BCUT2D eigenvalue weighted by molar-refractivity contribution is 6.30. The molecule has 4 aromatic rings. The SMILES string of the molecule is Cc1ccc(OCCCn2c(/C=C/c3ccc(Cl)cc3)nc3ccccc32)cc1. The Bertz CT molecular complexity index is 1110. The van der Waals surface area contributed by atoms with E-state index in [9.17, 15) is 0 Å². The third-order valence-electron chi connectivity index (χ3n) is 4.79. The molecule has 146 valence electrons. The van der Waals surface area contributed by atoms with Crippen LogP contribution in [-0.4, -0.2) is 16.2 Å². The van der Waals surface area contributed by atoms with Crippen LogP contribution in [0.15, 0.2) is 72.8 Å². The van der Waals surface area contributed by atoms with Gasteiger partial charge in [-0.1, -0.05) is 59.6 Å². The van der Waals surface area contributed by atoms with Gasteiger partial charge in [0.25, 0.3) is 0 Å². The average Bonchev–Trinajstić information content (AvgIpc) is 3.10. The Kier molecular flexibility index (Phi) is 5.97. The molecule has 1 heterocycles. The molecule has 0 saturated heterocycles. The summed E-state index contributed by atoms with van der Waals surface area (Å²) in [5.74, 6) is 1.85. The minimum Gasteiger partial charge on any atom is -0.494 e. The Labute approximate surface area is 176 Å². The van der Waals surface area contributed by atoms with Crippen LogP contribution in [0.3, 0.4) is 0 Å². The van der Waals surface area contributed by atoms with Crippen LogP contribution >= 0.6 is 11.6 Å². The number of halogens is 1. The van der Waals surface area contributed by atoms with Crippen molar-refractivity contribution in [3.05, 3.63) is 94.8 Å². The van der Waals surface area contributed by atoms with Crippen LogP contribution in [0.2, 0.25) is 5.02 Å². The van der Waals surface area contributed by atoms with Crippen molar-refractivity contribution < 1.29 is 4.74 Å². The summed E-state index contributed by atoms with van der Waals surface area (Å²) in [5, 5.41) is 0.739. The van der Waals surface area contributed by atoms with Crippen molar-refractivity contribution >= 4 is 34.8 Å². The van der Waals surface area contributed by atoms with Crippen molar-refractivity contribution in [3.8, 4) is 5.75 Å². The molecule has 1 aromatic heterocycles. The molecule has 3 nitrogen and oxygen atoms in total. The van der Waals surface area contributed by atoms with E-state index in [1.54, 1.807) is 0 Å². The molecule has 29 heavy (non-hydrogen) atoms. The molecule has 4 heteroatoms. The van der Waals surface area contributed by atoms with E-state index >= 15 is 0 Å². The second-order valence-corrected chi connectivity index (χ2v) is 7.45. The number of benzene rings is 3. The number of imidazole rings is 1. The molecule has 0 aliphatic rings. The highest BCUT2D eigenvalue weighted by atomic mass is 35.5. The zero-order chi connectivity index (χ0) is 20.1. The van der Waals surface area contributed by atoms with Gasteiger partial charge in [-0.25, -0.2) is 4.98 Å². The Morgan fingerprint density at radius 1 is 0.931 bits per heavy atom. The van der Waals surface area contributed by atoms with E-state index in [2.05, 4.69) is 47.9 Å². The Morgan fingerprint density at radius 3 is 2.48 bits per heavy atom. The van der Waals surface area contributed by atoms with Crippen molar-refractivity contribution in [1.29, 1.82) is 0 Å². The Hall–Kier alpha value is -3.04. The fourth-order valence-electron chi connectivity index (χ4n) is 3.25. The number of nitrogens with zero attached hydrogens (tertiary/aromatic N) is 2. The maximum absolute atomic E-state index is 5.98. The van der Waals surface area contributed by atoms with Gasteiger partial charge < -0.3 is 9.30 Å². The first-order chi connectivity index (χ1) is 14.2. The molecule has 0 aliphatic heterocycles. The lowest BCUT2D eigenvalue weighted by molar-refractivity contribution is 0.302. The summed E-state index contributed by atoms with van der Waals surface area (Å²) >= 11 is 5.98. The molecule has 4 rings (SSSR count). The number of rotatable bonds is 7. The zero-order valence-corrected chi connectivity index (χ0v) is 17.1. The first-order valence-corrected chi connectivity index (χ1v) is 10.2. The first-order valence-electron chi connectivity index (χ1n) is 9.77. The number of para-hydroxylation sites is 2. The second kappa shape index (κ2) is 8.97. The predicted molar refractivity (Wildman–Crippen MR) is 121 cm³/mol. The highest BCUT2D eigenvalue weighted by Crippen LogP contribution is 2.19. The van der Waals surface area contributed by atoms with Gasteiger partial charge in [0.2, 0.25) is 0 Å². The van der Waals surface area contributed by atoms with E-state index < -0.39 is 0 Å². The minimum atomic E-state index is 0.663. The number of hydrogen-bond donors (Lipinski definition) is 0. The highest BCUT2D eigenvalue weighted by Gasteiger charge is 2.08. The summed E-state index contributed by atoms with van der Waals surface area (Å²) in [5.41, 5.74) is 4.47. The number of aryl methyl sites for hydroxylation is 2. The molecule has 0 unspecified atom stereocenters. The van der Waals surface area contributed by atoms with Gasteiger partial charge >= 0.3 is 0 Å². The largest absolute Gasteiger partial charge is 0.494 e. The monoisotopic (exact) mass is 402 g/mol. The number of aromatic nitrogens is 2. The van der Waals surface area contributed by atoms with Crippen molar-refractivity contribution in [3.63, 3.8) is 0 Å². The maximum atomic E-state index is 5.98. The Balaban J connectivity index is 1.48. The van der Waals surface area contributed by atoms with Crippen LogP contribution in [0.1, 0.15) is 23.4 Å². The van der Waals surface area contributed by atoms with Gasteiger partial charge in [0, 0.05) is 11.6 Å². The van der Waals surface area contributed by atoms with Crippen LogP contribution < -0.4 is 4.74 Å². The van der Waals surface area contributed by atoms with Crippen LogP contribution in [0.25, 0.3) is 23.2 Å². The molecule has 0 atom stereocenters. The van der Waals surface area contributed by atoms with Crippen LogP contribution in [0.4, 0.5) is 0 Å². The fraction of sp³-hybridized carbons (Fsp3) is 0.160. The maximum Gasteiger partial charge on any atom is 0.133 e. The van der Waals surface area contributed by atoms with Crippen molar-refractivity contribution in [2.45, 2.75) is 19.9 Å². The van der Waals surface area contributed by atoms with Gasteiger partial charge in [0.05, 0.1) is 17.6 Å². The standard InChI is InChI=1S/C25H23ClN2O/c1-19-7-14-22(15-8-19)29-18-4-17-28-24-6-3-2-5-23(24)27-25(28)16-11-20-9-12-21(26)13-10-20/h2-3,5-16H,4,17-18H2,1H3/b16-11+. The first kappa shape index (κ1) is 19.3. The molecule has 0 spiro atoms. The van der Waals surface area contributed by atoms with Crippen molar-refractivity contribution in [1.82, 2.24) is 9.55 Å². The van der Waals surface area contributed by atoms with Crippen LogP contribution in [0.5, 0.6) is 5.75 Å². The summed E-state index contributed by atoms with van der Waals surface area (Å²) in [6.07, 6.45) is 5.02. The third-order valence-corrected chi connectivity index (χ3v) is 5.05. The van der Waals surface area contributed by atoms with Gasteiger partial charge in [-0.05, 0) is 61.4 Å². The lowest BCUT2D eigenvalue weighted by Crippen LogP contribution is -2.06. The zero-order valence-electron chi connectivity index (χ0n) is 16.4. The number of fused-ring (bicyclic) bond motifs is 1. The molecule has 0 aliphatic carbocycles. The molecular weight excluding hydrogens is 380 g/mol. The fourth-order valence-corrected chi connectivity index (χ4v) is 3.37. The van der Waals surface area contributed by atoms with Gasteiger partial charge in [0.1, 0.15) is 11.6 Å². The Morgan fingerprint density at radius 2 is 1.69 bits per heavy atom. The molecule has 0 saturated carbocycles.